The highest BCUT2D eigenvalue weighted by Gasteiger charge is 2.08. The lowest BCUT2D eigenvalue weighted by atomic mass is 10.3. The maximum Gasteiger partial charge on any atom is 0.236 e. The van der Waals surface area contributed by atoms with E-state index in [1.807, 2.05) is 35.7 Å². The van der Waals surface area contributed by atoms with Gasteiger partial charge in [-0.25, -0.2) is 4.98 Å². The minimum Gasteiger partial charge on any atom is -0.485 e. The zero-order valence-corrected chi connectivity index (χ0v) is 10.9. The Bertz CT molecular complexity index is 662. The van der Waals surface area contributed by atoms with Gasteiger partial charge in [0.1, 0.15) is 24.3 Å². The molecule has 2 aromatic heterocycles. The molecular weight excluding hydrogens is 260 g/mol. The molecule has 0 radical (unpaired) electrons. The molecule has 0 aliphatic heterocycles. The topological polar surface area (TPSA) is 61.3 Å². The standard InChI is InChI=1S/C14H12N2O2S/c15-11-4-1-2-5-12(11)17-8-10-9-18-14(16-10)13-6-3-7-19-13/h1-7,9H,8,15H2. The quantitative estimate of drug-likeness (QED) is 0.738. The van der Waals surface area contributed by atoms with Crippen molar-refractivity contribution in [1.29, 1.82) is 0 Å². The van der Waals surface area contributed by atoms with Crippen LogP contribution in [-0.4, -0.2) is 4.98 Å². The molecule has 19 heavy (non-hydrogen) atoms. The van der Waals surface area contributed by atoms with Crippen molar-refractivity contribution >= 4 is 17.0 Å². The van der Waals surface area contributed by atoms with Crippen molar-refractivity contribution in [2.75, 3.05) is 5.73 Å². The highest BCUT2D eigenvalue weighted by Crippen LogP contribution is 2.25. The van der Waals surface area contributed by atoms with Gasteiger partial charge in [-0.2, -0.15) is 0 Å². The van der Waals surface area contributed by atoms with Crippen LogP contribution in [0.15, 0.2) is 52.5 Å². The van der Waals surface area contributed by atoms with Crippen LogP contribution in [-0.2, 0) is 6.61 Å². The van der Waals surface area contributed by atoms with Gasteiger partial charge < -0.3 is 14.9 Å². The maximum atomic E-state index is 5.80. The number of thiophene rings is 1. The van der Waals surface area contributed by atoms with Crippen molar-refractivity contribution in [2.24, 2.45) is 0 Å². The molecule has 0 amide bonds. The third-order valence-electron chi connectivity index (χ3n) is 2.58. The molecule has 5 heteroatoms. The van der Waals surface area contributed by atoms with Gasteiger partial charge in [0.2, 0.25) is 5.89 Å². The maximum absolute atomic E-state index is 5.80. The lowest BCUT2D eigenvalue weighted by Crippen LogP contribution is -1.98. The van der Waals surface area contributed by atoms with Gasteiger partial charge in [-0.15, -0.1) is 11.3 Å². The molecule has 0 unspecified atom stereocenters. The van der Waals surface area contributed by atoms with Gasteiger partial charge >= 0.3 is 0 Å². The van der Waals surface area contributed by atoms with Gasteiger partial charge in [0.15, 0.2) is 0 Å². The summed E-state index contributed by atoms with van der Waals surface area (Å²) in [6.07, 6.45) is 1.61. The van der Waals surface area contributed by atoms with E-state index in [4.69, 9.17) is 14.9 Å². The summed E-state index contributed by atoms with van der Waals surface area (Å²) in [6, 6.07) is 11.3. The van der Waals surface area contributed by atoms with E-state index in [9.17, 15) is 0 Å². The van der Waals surface area contributed by atoms with E-state index in [1.165, 1.54) is 0 Å². The first-order valence-corrected chi connectivity index (χ1v) is 6.66. The second-order valence-electron chi connectivity index (χ2n) is 3.95. The molecule has 0 atom stereocenters. The van der Waals surface area contributed by atoms with Crippen LogP contribution in [0.2, 0.25) is 0 Å². The molecule has 0 fully saturated rings. The number of anilines is 1. The first-order valence-electron chi connectivity index (χ1n) is 5.78. The van der Waals surface area contributed by atoms with Gasteiger partial charge in [-0.3, -0.25) is 0 Å². The number of oxazole rings is 1. The molecule has 3 aromatic rings. The number of hydrogen-bond donors (Lipinski definition) is 1. The van der Waals surface area contributed by atoms with Crippen LogP contribution in [0.3, 0.4) is 0 Å². The Hall–Kier alpha value is -2.27. The summed E-state index contributed by atoms with van der Waals surface area (Å²) in [5.41, 5.74) is 7.16. The average Bonchev–Trinajstić information content (AvgIpc) is 3.09. The Morgan fingerprint density at radius 1 is 1.21 bits per heavy atom. The minimum atomic E-state index is 0.336. The molecule has 1 aromatic carbocycles. The Balaban J connectivity index is 1.70. The van der Waals surface area contributed by atoms with Crippen molar-refractivity contribution in [3.8, 4) is 16.5 Å². The van der Waals surface area contributed by atoms with E-state index >= 15 is 0 Å². The summed E-state index contributed by atoms with van der Waals surface area (Å²) in [5.74, 6) is 1.28. The van der Waals surface area contributed by atoms with Crippen LogP contribution in [0, 0.1) is 0 Å². The third kappa shape index (κ3) is 2.61. The number of nitrogens with two attached hydrogens (primary N) is 1. The Kier molecular flexibility index (Phi) is 3.20. The van der Waals surface area contributed by atoms with E-state index in [0.29, 0.717) is 23.9 Å². The fourth-order valence-electron chi connectivity index (χ4n) is 1.65. The average molecular weight is 272 g/mol. The van der Waals surface area contributed by atoms with Gasteiger partial charge in [0, 0.05) is 0 Å². The monoisotopic (exact) mass is 272 g/mol. The Labute approximate surface area is 114 Å². The number of rotatable bonds is 4. The first-order chi connectivity index (χ1) is 9.33. The zero-order valence-electron chi connectivity index (χ0n) is 10.1. The van der Waals surface area contributed by atoms with Crippen molar-refractivity contribution in [3.05, 3.63) is 53.7 Å². The molecule has 0 saturated carbocycles. The van der Waals surface area contributed by atoms with Crippen LogP contribution in [0.25, 0.3) is 10.8 Å². The SMILES string of the molecule is Nc1ccccc1OCc1coc(-c2cccs2)n1. The number of nitrogen functional groups attached to an aromatic ring is 1. The van der Waals surface area contributed by atoms with Gasteiger partial charge in [-0.1, -0.05) is 18.2 Å². The number of benzene rings is 1. The summed E-state index contributed by atoms with van der Waals surface area (Å²) in [6.45, 7) is 0.336. The molecular formula is C14H12N2O2S. The summed E-state index contributed by atoms with van der Waals surface area (Å²) < 4.78 is 11.0. The molecule has 4 nitrogen and oxygen atoms in total. The second kappa shape index (κ2) is 5.16. The van der Waals surface area contributed by atoms with Crippen LogP contribution >= 0.6 is 11.3 Å². The number of nitrogens with zero attached hydrogens (tertiary/aromatic N) is 1. The summed E-state index contributed by atoms with van der Waals surface area (Å²) in [4.78, 5) is 5.38. The lowest BCUT2D eigenvalue weighted by Gasteiger charge is -2.05. The summed E-state index contributed by atoms with van der Waals surface area (Å²) in [7, 11) is 0. The molecule has 0 spiro atoms. The molecule has 0 saturated heterocycles. The van der Waals surface area contributed by atoms with Crippen molar-refractivity contribution in [1.82, 2.24) is 4.98 Å². The van der Waals surface area contributed by atoms with Crippen LogP contribution in [0.5, 0.6) is 5.75 Å². The highest BCUT2D eigenvalue weighted by molar-refractivity contribution is 7.13. The molecule has 0 bridgehead atoms. The van der Waals surface area contributed by atoms with Gasteiger partial charge in [-0.05, 0) is 23.6 Å². The first kappa shape index (κ1) is 11.8. The number of para-hydroxylation sites is 2. The smallest absolute Gasteiger partial charge is 0.236 e. The fourth-order valence-corrected chi connectivity index (χ4v) is 2.31. The van der Waals surface area contributed by atoms with Crippen LogP contribution in [0.4, 0.5) is 5.69 Å². The number of aromatic nitrogens is 1. The van der Waals surface area contributed by atoms with E-state index in [2.05, 4.69) is 4.98 Å². The Morgan fingerprint density at radius 3 is 2.89 bits per heavy atom. The van der Waals surface area contributed by atoms with Gasteiger partial charge in [0.25, 0.3) is 0 Å². The normalized spacial score (nSPS) is 10.5. The van der Waals surface area contributed by atoms with E-state index in [1.54, 1.807) is 23.7 Å². The molecule has 2 N–H and O–H groups in total. The van der Waals surface area contributed by atoms with Gasteiger partial charge in [0.05, 0.1) is 10.6 Å². The van der Waals surface area contributed by atoms with Crippen molar-refractivity contribution < 1.29 is 9.15 Å². The second-order valence-corrected chi connectivity index (χ2v) is 4.90. The molecule has 2 heterocycles. The zero-order chi connectivity index (χ0) is 13.1. The van der Waals surface area contributed by atoms with E-state index in [0.717, 1.165) is 10.6 Å². The lowest BCUT2D eigenvalue weighted by molar-refractivity contribution is 0.302. The third-order valence-corrected chi connectivity index (χ3v) is 3.44. The predicted octanol–water partition coefficient (Wildman–Crippen LogP) is 3.56. The fraction of sp³-hybridized carbons (Fsp3) is 0.0714. The summed E-state index contributed by atoms with van der Waals surface area (Å²) >= 11 is 1.59. The van der Waals surface area contributed by atoms with Crippen molar-refractivity contribution in [2.45, 2.75) is 6.61 Å². The molecule has 0 aliphatic rings. The highest BCUT2D eigenvalue weighted by atomic mass is 32.1. The van der Waals surface area contributed by atoms with Crippen LogP contribution < -0.4 is 10.5 Å². The number of ether oxygens (including phenoxy) is 1. The molecule has 0 aliphatic carbocycles. The van der Waals surface area contributed by atoms with Crippen molar-refractivity contribution in [3.63, 3.8) is 0 Å². The van der Waals surface area contributed by atoms with Crippen LogP contribution in [0.1, 0.15) is 5.69 Å². The Morgan fingerprint density at radius 2 is 2.11 bits per heavy atom. The minimum absolute atomic E-state index is 0.336. The molecule has 96 valence electrons. The van der Waals surface area contributed by atoms with E-state index in [-0.39, 0.29) is 0 Å². The predicted molar refractivity (Wildman–Crippen MR) is 75.0 cm³/mol. The van der Waals surface area contributed by atoms with E-state index < -0.39 is 0 Å². The largest absolute Gasteiger partial charge is 0.485 e. The summed E-state index contributed by atoms with van der Waals surface area (Å²) in [5, 5.41) is 1.99. The molecule has 3 rings (SSSR count). The number of hydrogen-bond acceptors (Lipinski definition) is 5.